The molecule has 0 saturated heterocycles. The normalized spacial score (nSPS) is 11.3. The third-order valence-corrected chi connectivity index (χ3v) is 5.95. The number of nitrogens with one attached hydrogen (secondary N) is 1. The predicted molar refractivity (Wildman–Crippen MR) is 106 cm³/mol. The molecule has 0 aliphatic carbocycles. The minimum atomic E-state index is -3.86. The third-order valence-electron chi connectivity index (χ3n) is 3.82. The van der Waals surface area contributed by atoms with E-state index in [1.165, 1.54) is 23.5 Å². The number of hydrogen-bond acceptors (Lipinski definition) is 5. The van der Waals surface area contributed by atoms with E-state index in [0.717, 1.165) is 11.6 Å². The number of nitrogens with zero attached hydrogens (tertiary/aromatic N) is 1. The number of carbonyl (C=O) groups is 2. The van der Waals surface area contributed by atoms with Gasteiger partial charge in [0.25, 0.3) is 5.91 Å². The number of sulfonamides is 1. The number of halogens is 1. The molecule has 0 heterocycles. The zero-order valence-electron chi connectivity index (χ0n) is 15.5. The fourth-order valence-electron chi connectivity index (χ4n) is 2.38. The van der Waals surface area contributed by atoms with Gasteiger partial charge in [-0.1, -0.05) is 41.9 Å². The van der Waals surface area contributed by atoms with E-state index in [2.05, 4.69) is 5.32 Å². The molecule has 7 nitrogen and oxygen atoms in total. The van der Waals surface area contributed by atoms with Crippen molar-refractivity contribution in [1.29, 1.82) is 0 Å². The van der Waals surface area contributed by atoms with Crippen LogP contribution in [0, 0.1) is 0 Å². The first-order valence-corrected chi connectivity index (χ1v) is 10.3. The molecule has 0 aliphatic heterocycles. The highest BCUT2D eigenvalue weighted by molar-refractivity contribution is 7.89. The highest BCUT2D eigenvalue weighted by Crippen LogP contribution is 2.24. The van der Waals surface area contributed by atoms with Crippen LogP contribution in [0.1, 0.15) is 22.8 Å². The average molecular weight is 425 g/mol. The topological polar surface area (TPSA) is 92.8 Å². The summed E-state index contributed by atoms with van der Waals surface area (Å²) in [7, 11) is -2.41. The smallest absolute Gasteiger partial charge is 0.340 e. The average Bonchev–Trinajstić information content (AvgIpc) is 2.67. The Balaban J connectivity index is 2.20. The molecule has 0 unspecified atom stereocenters. The highest BCUT2D eigenvalue weighted by Gasteiger charge is 2.24. The molecular weight excluding hydrogens is 404 g/mol. The second-order valence-corrected chi connectivity index (χ2v) is 8.37. The lowest BCUT2D eigenvalue weighted by Crippen LogP contribution is -2.28. The number of carbonyl (C=O) groups excluding carboxylic acids is 2. The van der Waals surface area contributed by atoms with Gasteiger partial charge in [-0.3, -0.25) is 4.79 Å². The zero-order chi connectivity index (χ0) is 20.7. The van der Waals surface area contributed by atoms with Gasteiger partial charge in [0.2, 0.25) is 10.0 Å². The van der Waals surface area contributed by atoms with Crippen molar-refractivity contribution >= 4 is 33.5 Å². The summed E-state index contributed by atoms with van der Waals surface area (Å²) in [5.41, 5.74) is 0.698. The van der Waals surface area contributed by atoms with Gasteiger partial charge in [-0.25, -0.2) is 13.2 Å². The van der Waals surface area contributed by atoms with E-state index in [1.807, 2.05) is 30.3 Å². The number of rotatable bonds is 8. The lowest BCUT2D eigenvalue weighted by atomic mass is 10.2. The Morgan fingerprint density at radius 3 is 2.46 bits per heavy atom. The molecule has 1 N–H and O–H groups in total. The van der Waals surface area contributed by atoms with Crippen molar-refractivity contribution in [2.24, 2.45) is 0 Å². The summed E-state index contributed by atoms with van der Waals surface area (Å²) < 4.78 is 31.8. The predicted octanol–water partition coefficient (Wildman–Crippen LogP) is 2.45. The van der Waals surface area contributed by atoms with Crippen LogP contribution in [-0.4, -0.2) is 44.8 Å². The number of amides is 1. The van der Waals surface area contributed by atoms with Crippen molar-refractivity contribution in [2.45, 2.75) is 18.4 Å². The Hall–Kier alpha value is -2.42. The molecule has 2 rings (SSSR count). The second kappa shape index (κ2) is 9.68. The van der Waals surface area contributed by atoms with Crippen molar-refractivity contribution < 1.29 is 22.7 Å². The van der Waals surface area contributed by atoms with Crippen LogP contribution >= 0.6 is 11.6 Å². The first-order valence-electron chi connectivity index (χ1n) is 8.49. The molecule has 9 heteroatoms. The summed E-state index contributed by atoms with van der Waals surface area (Å²) in [4.78, 5) is 23.6. The molecule has 150 valence electrons. The monoisotopic (exact) mass is 424 g/mol. The standard InChI is InChI=1S/C19H21ClN2O5S/c1-3-21-18(23)13-27-19(24)16-11-15(9-10-17(16)20)28(25,26)22(2)12-14-7-5-4-6-8-14/h4-11H,3,12-13H2,1-2H3,(H,21,23). The van der Waals surface area contributed by atoms with E-state index in [4.69, 9.17) is 16.3 Å². The Morgan fingerprint density at radius 1 is 1.14 bits per heavy atom. The zero-order valence-corrected chi connectivity index (χ0v) is 17.1. The molecule has 0 aliphatic rings. The summed E-state index contributed by atoms with van der Waals surface area (Å²) in [6.45, 7) is 1.83. The number of hydrogen-bond donors (Lipinski definition) is 1. The van der Waals surface area contributed by atoms with Crippen molar-refractivity contribution in [3.8, 4) is 0 Å². The SMILES string of the molecule is CCNC(=O)COC(=O)c1cc(S(=O)(=O)N(C)Cc2ccccc2)ccc1Cl. The van der Waals surface area contributed by atoms with Crippen molar-refractivity contribution in [2.75, 3.05) is 20.2 Å². The molecule has 0 radical (unpaired) electrons. The number of ether oxygens (including phenoxy) is 1. The first kappa shape index (κ1) is 21.9. The maximum Gasteiger partial charge on any atom is 0.340 e. The van der Waals surface area contributed by atoms with Gasteiger partial charge in [0.1, 0.15) is 0 Å². The summed E-state index contributed by atoms with van der Waals surface area (Å²) in [6.07, 6.45) is 0. The Morgan fingerprint density at radius 2 is 1.82 bits per heavy atom. The molecule has 1 amide bonds. The van der Waals surface area contributed by atoms with Crippen molar-refractivity contribution in [3.63, 3.8) is 0 Å². The summed E-state index contributed by atoms with van der Waals surface area (Å²) in [5, 5.41) is 2.52. The van der Waals surface area contributed by atoms with Crippen LogP contribution in [0.25, 0.3) is 0 Å². The van der Waals surface area contributed by atoms with Gasteiger partial charge in [-0.15, -0.1) is 0 Å². The molecular formula is C19H21ClN2O5S. The number of likely N-dealkylation sites (N-methyl/N-ethyl adjacent to an activating group) is 1. The Kier molecular flexibility index (Phi) is 7.56. The van der Waals surface area contributed by atoms with Crippen LogP contribution in [0.5, 0.6) is 0 Å². The van der Waals surface area contributed by atoms with Crippen LogP contribution in [0.3, 0.4) is 0 Å². The minimum Gasteiger partial charge on any atom is -0.452 e. The first-order chi connectivity index (χ1) is 13.3. The van der Waals surface area contributed by atoms with Gasteiger partial charge in [0, 0.05) is 20.1 Å². The van der Waals surface area contributed by atoms with E-state index >= 15 is 0 Å². The Labute approximate surface area is 169 Å². The van der Waals surface area contributed by atoms with Gasteiger partial charge in [0.05, 0.1) is 15.5 Å². The van der Waals surface area contributed by atoms with Gasteiger partial charge in [-0.2, -0.15) is 4.31 Å². The number of esters is 1. The lowest BCUT2D eigenvalue weighted by Gasteiger charge is -2.18. The van der Waals surface area contributed by atoms with Gasteiger partial charge in [-0.05, 0) is 30.7 Å². The quantitative estimate of drug-likeness (QED) is 0.657. The fraction of sp³-hybridized carbons (Fsp3) is 0.263. The Bertz CT molecular complexity index is 948. The van der Waals surface area contributed by atoms with Crippen LogP contribution in [0.15, 0.2) is 53.4 Å². The van der Waals surface area contributed by atoms with E-state index < -0.39 is 28.5 Å². The third kappa shape index (κ3) is 5.54. The summed E-state index contributed by atoms with van der Waals surface area (Å²) in [6, 6.07) is 12.9. The molecule has 0 saturated carbocycles. The van der Waals surface area contributed by atoms with E-state index in [1.54, 1.807) is 6.92 Å². The molecule has 2 aromatic carbocycles. The van der Waals surface area contributed by atoms with Crippen LogP contribution in [-0.2, 0) is 26.1 Å². The molecule has 2 aromatic rings. The highest BCUT2D eigenvalue weighted by atomic mass is 35.5. The molecule has 0 fully saturated rings. The molecule has 0 bridgehead atoms. The summed E-state index contributed by atoms with van der Waals surface area (Å²) in [5.74, 6) is -1.34. The number of benzene rings is 2. The van der Waals surface area contributed by atoms with Gasteiger partial charge < -0.3 is 10.1 Å². The van der Waals surface area contributed by atoms with Crippen molar-refractivity contribution in [1.82, 2.24) is 9.62 Å². The van der Waals surface area contributed by atoms with Crippen LogP contribution in [0.4, 0.5) is 0 Å². The molecule has 28 heavy (non-hydrogen) atoms. The largest absolute Gasteiger partial charge is 0.452 e. The van der Waals surface area contributed by atoms with Crippen LogP contribution < -0.4 is 5.32 Å². The minimum absolute atomic E-state index is 0.0329. The van der Waals surface area contributed by atoms with Crippen LogP contribution in [0.2, 0.25) is 5.02 Å². The maximum absolute atomic E-state index is 12.8. The van der Waals surface area contributed by atoms with E-state index in [-0.39, 0.29) is 22.0 Å². The van der Waals surface area contributed by atoms with Gasteiger partial charge >= 0.3 is 5.97 Å². The van der Waals surface area contributed by atoms with Gasteiger partial charge in [0.15, 0.2) is 6.61 Å². The molecule has 0 spiro atoms. The van der Waals surface area contributed by atoms with E-state index in [0.29, 0.717) is 6.54 Å². The fourth-order valence-corrected chi connectivity index (χ4v) is 3.76. The second-order valence-electron chi connectivity index (χ2n) is 5.92. The lowest BCUT2D eigenvalue weighted by molar-refractivity contribution is -0.124. The van der Waals surface area contributed by atoms with Crippen molar-refractivity contribution in [3.05, 3.63) is 64.7 Å². The molecule has 0 aromatic heterocycles. The summed E-state index contributed by atoms with van der Waals surface area (Å²) >= 11 is 6.02. The van der Waals surface area contributed by atoms with E-state index in [9.17, 15) is 18.0 Å². The molecule has 0 atom stereocenters. The maximum atomic E-state index is 12.8.